The number of hydrogen-bond acceptors (Lipinski definition) is 2. The third kappa shape index (κ3) is 4.98. The summed E-state index contributed by atoms with van der Waals surface area (Å²) >= 11 is 0. The zero-order valence-corrected chi connectivity index (χ0v) is 10.6. The molecule has 1 fully saturated rings. The Bertz CT molecular complexity index is 161. The average molecular weight is 213 g/mol. The summed E-state index contributed by atoms with van der Waals surface area (Å²) in [6.07, 6.45) is 5.73. The van der Waals surface area contributed by atoms with Crippen LogP contribution in [0.4, 0.5) is 0 Å². The second-order valence-electron chi connectivity index (χ2n) is 5.24. The van der Waals surface area contributed by atoms with E-state index in [2.05, 4.69) is 19.2 Å². The van der Waals surface area contributed by atoms with Gasteiger partial charge in [-0.2, -0.15) is 0 Å². The Hall–Kier alpha value is -0.0800. The van der Waals surface area contributed by atoms with Crippen LogP contribution in [0.2, 0.25) is 0 Å². The molecule has 0 aromatic heterocycles. The smallest absolute Gasteiger partial charge is 0.0499 e. The summed E-state index contributed by atoms with van der Waals surface area (Å²) in [5, 5.41) is 3.59. The van der Waals surface area contributed by atoms with E-state index in [0.29, 0.717) is 5.92 Å². The Kier molecular flexibility index (Phi) is 6.26. The van der Waals surface area contributed by atoms with Crippen molar-refractivity contribution in [3.63, 3.8) is 0 Å². The predicted octanol–water partition coefficient (Wildman–Crippen LogP) is 2.68. The van der Waals surface area contributed by atoms with E-state index in [1.807, 2.05) is 0 Å². The van der Waals surface area contributed by atoms with Crippen molar-refractivity contribution < 1.29 is 4.74 Å². The fraction of sp³-hybridized carbons (Fsp3) is 1.00. The molecule has 0 aromatic rings. The maximum atomic E-state index is 5.13. The maximum absolute atomic E-state index is 5.13. The van der Waals surface area contributed by atoms with Gasteiger partial charge in [-0.15, -0.1) is 0 Å². The summed E-state index contributed by atoms with van der Waals surface area (Å²) in [6, 6.07) is 0. The first-order valence-electron chi connectivity index (χ1n) is 6.43. The maximum Gasteiger partial charge on any atom is 0.0499 e. The van der Waals surface area contributed by atoms with Crippen LogP contribution in [0.5, 0.6) is 0 Å². The van der Waals surface area contributed by atoms with Gasteiger partial charge < -0.3 is 10.1 Å². The van der Waals surface area contributed by atoms with Gasteiger partial charge in [0.2, 0.25) is 0 Å². The van der Waals surface area contributed by atoms with Crippen LogP contribution in [0.3, 0.4) is 0 Å². The molecule has 0 radical (unpaired) electrons. The molecular weight excluding hydrogens is 186 g/mol. The summed E-state index contributed by atoms with van der Waals surface area (Å²) in [5.41, 5.74) is 0. The molecule has 3 unspecified atom stereocenters. The summed E-state index contributed by atoms with van der Waals surface area (Å²) < 4.78 is 5.13. The minimum absolute atomic E-state index is 0.633. The molecule has 0 saturated heterocycles. The normalized spacial score (nSPS) is 29.0. The van der Waals surface area contributed by atoms with Crippen LogP contribution in [-0.2, 0) is 4.74 Å². The Morgan fingerprint density at radius 2 is 2.07 bits per heavy atom. The first-order chi connectivity index (χ1) is 7.24. The Balaban J connectivity index is 2.08. The van der Waals surface area contributed by atoms with Crippen molar-refractivity contribution in [3.05, 3.63) is 0 Å². The van der Waals surface area contributed by atoms with E-state index in [1.165, 1.54) is 32.2 Å². The van der Waals surface area contributed by atoms with E-state index < -0.39 is 0 Å². The van der Waals surface area contributed by atoms with Crippen LogP contribution in [-0.4, -0.2) is 26.8 Å². The molecule has 2 nitrogen and oxygen atoms in total. The van der Waals surface area contributed by atoms with Crippen molar-refractivity contribution in [3.8, 4) is 0 Å². The largest absolute Gasteiger partial charge is 0.384 e. The molecule has 15 heavy (non-hydrogen) atoms. The quantitative estimate of drug-likeness (QED) is 0.732. The third-order valence-corrected chi connectivity index (χ3v) is 3.64. The molecule has 1 saturated carbocycles. The van der Waals surface area contributed by atoms with Crippen LogP contribution in [0.1, 0.15) is 39.5 Å². The first kappa shape index (κ1) is 13.0. The zero-order chi connectivity index (χ0) is 11.1. The highest BCUT2D eigenvalue weighted by Crippen LogP contribution is 2.28. The molecule has 0 amide bonds. The van der Waals surface area contributed by atoms with Gasteiger partial charge >= 0.3 is 0 Å². The topological polar surface area (TPSA) is 21.3 Å². The lowest BCUT2D eigenvalue weighted by Crippen LogP contribution is -2.32. The van der Waals surface area contributed by atoms with Gasteiger partial charge in [0.25, 0.3) is 0 Å². The lowest BCUT2D eigenvalue weighted by Gasteiger charge is -2.29. The number of rotatable bonds is 6. The summed E-state index contributed by atoms with van der Waals surface area (Å²) in [5.74, 6) is 2.46. The molecule has 1 N–H and O–H groups in total. The Labute approximate surface area is 94.8 Å². The number of ether oxygens (including phenoxy) is 1. The van der Waals surface area contributed by atoms with Gasteiger partial charge in [-0.1, -0.05) is 33.1 Å². The van der Waals surface area contributed by atoms with Gasteiger partial charge in [-0.3, -0.25) is 0 Å². The highest BCUT2D eigenvalue weighted by atomic mass is 16.5. The highest BCUT2D eigenvalue weighted by molar-refractivity contribution is 4.74. The van der Waals surface area contributed by atoms with E-state index in [-0.39, 0.29) is 0 Å². The molecule has 90 valence electrons. The van der Waals surface area contributed by atoms with E-state index in [4.69, 9.17) is 4.74 Å². The molecule has 0 aliphatic heterocycles. The molecular formula is C13H27NO. The SMILES string of the molecule is COCC(C)CNCC1CCCCC1C. The van der Waals surface area contributed by atoms with Crippen molar-refractivity contribution in [1.82, 2.24) is 5.32 Å². The molecule has 0 bridgehead atoms. The van der Waals surface area contributed by atoms with Crippen LogP contribution in [0.25, 0.3) is 0 Å². The van der Waals surface area contributed by atoms with Crippen LogP contribution >= 0.6 is 0 Å². The van der Waals surface area contributed by atoms with Crippen molar-refractivity contribution in [2.24, 2.45) is 17.8 Å². The fourth-order valence-electron chi connectivity index (χ4n) is 2.55. The van der Waals surface area contributed by atoms with Crippen molar-refractivity contribution in [2.45, 2.75) is 39.5 Å². The van der Waals surface area contributed by atoms with Gasteiger partial charge in [0.1, 0.15) is 0 Å². The van der Waals surface area contributed by atoms with Gasteiger partial charge in [0.05, 0.1) is 0 Å². The number of nitrogens with one attached hydrogen (secondary N) is 1. The number of methoxy groups -OCH3 is 1. The Morgan fingerprint density at radius 3 is 2.73 bits per heavy atom. The first-order valence-corrected chi connectivity index (χ1v) is 6.43. The standard InChI is InChI=1S/C13H27NO/c1-11(10-15-3)8-14-9-13-7-5-4-6-12(13)2/h11-14H,4-10H2,1-3H3. The van der Waals surface area contributed by atoms with Crippen LogP contribution in [0.15, 0.2) is 0 Å². The summed E-state index contributed by atoms with van der Waals surface area (Å²) in [7, 11) is 1.78. The number of hydrogen-bond donors (Lipinski definition) is 1. The lowest BCUT2D eigenvalue weighted by atomic mass is 9.80. The highest BCUT2D eigenvalue weighted by Gasteiger charge is 2.20. The van der Waals surface area contributed by atoms with E-state index >= 15 is 0 Å². The third-order valence-electron chi connectivity index (χ3n) is 3.64. The van der Waals surface area contributed by atoms with E-state index in [1.54, 1.807) is 7.11 Å². The van der Waals surface area contributed by atoms with Gasteiger partial charge in [-0.05, 0) is 37.3 Å². The average Bonchev–Trinajstić information content (AvgIpc) is 2.21. The molecule has 1 aliphatic rings. The second-order valence-corrected chi connectivity index (χ2v) is 5.24. The van der Waals surface area contributed by atoms with Gasteiger partial charge in [-0.25, -0.2) is 0 Å². The van der Waals surface area contributed by atoms with Crippen molar-refractivity contribution in [1.29, 1.82) is 0 Å². The minimum Gasteiger partial charge on any atom is -0.384 e. The summed E-state index contributed by atoms with van der Waals surface area (Å²) in [4.78, 5) is 0. The zero-order valence-electron chi connectivity index (χ0n) is 10.6. The predicted molar refractivity (Wildman–Crippen MR) is 65.0 cm³/mol. The molecule has 0 spiro atoms. The lowest BCUT2D eigenvalue weighted by molar-refractivity contribution is 0.155. The second kappa shape index (κ2) is 7.24. The van der Waals surface area contributed by atoms with Crippen molar-refractivity contribution >= 4 is 0 Å². The Morgan fingerprint density at radius 1 is 1.33 bits per heavy atom. The molecule has 1 rings (SSSR count). The minimum atomic E-state index is 0.633. The van der Waals surface area contributed by atoms with Gasteiger partial charge in [0, 0.05) is 13.7 Å². The van der Waals surface area contributed by atoms with Gasteiger partial charge in [0.15, 0.2) is 0 Å². The van der Waals surface area contributed by atoms with E-state index in [9.17, 15) is 0 Å². The molecule has 0 aromatic carbocycles. The monoisotopic (exact) mass is 213 g/mol. The van der Waals surface area contributed by atoms with Crippen LogP contribution < -0.4 is 5.32 Å². The molecule has 3 atom stereocenters. The molecule has 2 heteroatoms. The van der Waals surface area contributed by atoms with E-state index in [0.717, 1.165) is 25.0 Å². The fourth-order valence-corrected chi connectivity index (χ4v) is 2.55. The molecule has 0 heterocycles. The molecule has 1 aliphatic carbocycles. The van der Waals surface area contributed by atoms with Crippen LogP contribution in [0, 0.1) is 17.8 Å². The van der Waals surface area contributed by atoms with Crippen molar-refractivity contribution in [2.75, 3.05) is 26.8 Å². The summed E-state index contributed by atoms with van der Waals surface area (Å²) in [6.45, 7) is 7.81.